The van der Waals surface area contributed by atoms with Gasteiger partial charge in [0, 0.05) is 24.3 Å². The number of pyridine rings is 1. The van der Waals surface area contributed by atoms with Gasteiger partial charge in [0.2, 0.25) is 5.88 Å². The molecule has 5 nitrogen and oxygen atoms in total. The van der Waals surface area contributed by atoms with E-state index in [0.29, 0.717) is 23.1 Å². The van der Waals surface area contributed by atoms with Gasteiger partial charge in [-0.1, -0.05) is 24.4 Å². The fourth-order valence-electron chi connectivity index (χ4n) is 4.12. The summed E-state index contributed by atoms with van der Waals surface area (Å²) >= 11 is 6.13. The normalized spacial score (nSPS) is 24.6. The number of nitrogens with zero attached hydrogens (tertiary/aromatic N) is 1. The first-order valence-electron chi connectivity index (χ1n) is 8.81. The van der Waals surface area contributed by atoms with E-state index >= 15 is 0 Å². The molecule has 0 aliphatic heterocycles. The Labute approximate surface area is 148 Å². The predicted molar refractivity (Wildman–Crippen MR) is 92.6 cm³/mol. The summed E-state index contributed by atoms with van der Waals surface area (Å²) in [6.45, 7) is 5.11. The van der Waals surface area contributed by atoms with Crippen LogP contribution in [0.5, 0.6) is 5.88 Å². The van der Waals surface area contributed by atoms with E-state index in [9.17, 15) is 4.79 Å². The summed E-state index contributed by atoms with van der Waals surface area (Å²) in [6.07, 6.45) is 7.37. The smallest absolute Gasteiger partial charge is 0.253 e. The number of ether oxygens (including phenoxy) is 2. The standard InChI is InChI=1S/C18H25ClN2O3/c1-3-23-15-10-14(18(15)7-5-6-8-18)21-16(22)12-9-13(19)17(20-11-12)24-4-2/h9,11,14-15H,3-8,10H2,1-2H3,(H,21,22)/t14-,15-/m0/s1. The van der Waals surface area contributed by atoms with Crippen LogP contribution in [0.3, 0.4) is 0 Å². The highest BCUT2D eigenvalue weighted by molar-refractivity contribution is 6.32. The second-order valence-electron chi connectivity index (χ2n) is 6.59. The predicted octanol–water partition coefficient (Wildman–Crippen LogP) is 3.60. The van der Waals surface area contributed by atoms with E-state index in [2.05, 4.69) is 10.3 Å². The molecule has 1 aromatic rings. The number of hydrogen-bond donors (Lipinski definition) is 1. The van der Waals surface area contributed by atoms with Crippen LogP contribution in [0.1, 0.15) is 56.3 Å². The minimum absolute atomic E-state index is 0.119. The summed E-state index contributed by atoms with van der Waals surface area (Å²) in [5.41, 5.74) is 0.588. The molecule has 0 bridgehead atoms. The van der Waals surface area contributed by atoms with Crippen LogP contribution < -0.4 is 10.1 Å². The third-order valence-electron chi connectivity index (χ3n) is 5.34. The van der Waals surface area contributed by atoms with E-state index in [1.807, 2.05) is 13.8 Å². The fraction of sp³-hybridized carbons (Fsp3) is 0.667. The summed E-state index contributed by atoms with van der Waals surface area (Å²) in [7, 11) is 0. The second kappa shape index (κ2) is 7.28. The quantitative estimate of drug-likeness (QED) is 0.849. The zero-order valence-electron chi connectivity index (χ0n) is 14.3. The summed E-state index contributed by atoms with van der Waals surface area (Å²) < 4.78 is 11.2. The van der Waals surface area contributed by atoms with Crippen molar-refractivity contribution in [3.63, 3.8) is 0 Å². The van der Waals surface area contributed by atoms with Gasteiger partial charge in [0.1, 0.15) is 5.02 Å². The highest BCUT2D eigenvalue weighted by Gasteiger charge is 2.57. The van der Waals surface area contributed by atoms with E-state index in [4.69, 9.17) is 21.1 Å². The van der Waals surface area contributed by atoms with Gasteiger partial charge in [0.15, 0.2) is 0 Å². The van der Waals surface area contributed by atoms with Crippen LogP contribution >= 0.6 is 11.6 Å². The topological polar surface area (TPSA) is 60.5 Å². The Morgan fingerprint density at radius 3 is 2.75 bits per heavy atom. The van der Waals surface area contributed by atoms with Crippen molar-refractivity contribution >= 4 is 17.5 Å². The molecule has 2 aliphatic rings. The van der Waals surface area contributed by atoms with Crippen LogP contribution in [-0.4, -0.2) is 36.3 Å². The number of hydrogen-bond acceptors (Lipinski definition) is 4. The van der Waals surface area contributed by atoms with E-state index in [0.717, 1.165) is 25.9 Å². The first kappa shape index (κ1) is 17.5. The lowest BCUT2D eigenvalue weighted by Gasteiger charge is -2.54. The van der Waals surface area contributed by atoms with Gasteiger partial charge in [-0.25, -0.2) is 4.98 Å². The van der Waals surface area contributed by atoms with Crippen LogP contribution in [0, 0.1) is 5.41 Å². The maximum absolute atomic E-state index is 12.6. The van der Waals surface area contributed by atoms with Gasteiger partial charge in [0.25, 0.3) is 5.91 Å². The van der Waals surface area contributed by atoms with Crippen LogP contribution in [0.2, 0.25) is 5.02 Å². The largest absolute Gasteiger partial charge is 0.477 e. The van der Waals surface area contributed by atoms with Crippen molar-refractivity contribution in [2.75, 3.05) is 13.2 Å². The number of halogens is 1. The van der Waals surface area contributed by atoms with Crippen molar-refractivity contribution < 1.29 is 14.3 Å². The number of amides is 1. The molecule has 1 heterocycles. The lowest BCUT2D eigenvalue weighted by molar-refractivity contribution is -0.127. The van der Waals surface area contributed by atoms with Crippen LogP contribution in [0.4, 0.5) is 0 Å². The molecule has 1 spiro atoms. The van der Waals surface area contributed by atoms with Gasteiger partial charge in [-0.3, -0.25) is 4.79 Å². The van der Waals surface area contributed by atoms with E-state index in [1.165, 1.54) is 19.0 Å². The molecule has 0 unspecified atom stereocenters. The Hall–Kier alpha value is -1.33. The maximum Gasteiger partial charge on any atom is 0.253 e. The molecule has 0 aromatic carbocycles. The molecule has 1 amide bonds. The summed E-state index contributed by atoms with van der Waals surface area (Å²) in [5, 5.41) is 3.54. The number of carbonyl (C=O) groups is 1. The molecule has 2 saturated carbocycles. The average Bonchev–Trinajstić information content (AvgIpc) is 3.08. The third-order valence-corrected chi connectivity index (χ3v) is 5.61. The molecule has 3 rings (SSSR count). The van der Waals surface area contributed by atoms with Crippen LogP contribution in [0.25, 0.3) is 0 Å². The number of carbonyl (C=O) groups excluding carboxylic acids is 1. The van der Waals surface area contributed by atoms with E-state index < -0.39 is 0 Å². The summed E-state index contributed by atoms with van der Waals surface area (Å²) in [5.74, 6) is 0.238. The molecule has 0 saturated heterocycles. The molecule has 1 aromatic heterocycles. The minimum Gasteiger partial charge on any atom is -0.477 e. The Kier molecular flexibility index (Phi) is 5.30. The molecule has 1 N–H and O–H groups in total. The molecular formula is C18H25ClN2O3. The van der Waals surface area contributed by atoms with Gasteiger partial charge in [-0.05, 0) is 39.2 Å². The Morgan fingerprint density at radius 2 is 2.12 bits per heavy atom. The van der Waals surface area contributed by atoms with Crippen molar-refractivity contribution in [1.82, 2.24) is 10.3 Å². The maximum atomic E-state index is 12.6. The second-order valence-corrected chi connectivity index (χ2v) is 7.00. The molecule has 2 aliphatic carbocycles. The fourth-order valence-corrected chi connectivity index (χ4v) is 4.34. The van der Waals surface area contributed by atoms with Crippen LogP contribution in [0.15, 0.2) is 12.3 Å². The van der Waals surface area contributed by atoms with Crippen LogP contribution in [-0.2, 0) is 4.74 Å². The highest BCUT2D eigenvalue weighted by Crippen LogP contribution is 2.54. The Bertz CT molecular complexity index is 602. The zero-order chi connectivity index (χ0) is 17.2. The van der Waals surface area contributed by atoms with Gasteiger partial charge in [-0.2, -0.15) is 0 Å². The molecule has 2 fully saturated rings. The average molecular weight is 353 g/mol. The number of nitrogens with one attached hydrogen (secondary N) is 1. The highest BCUT2D eigenvalue weighted by atomic mass is 35.5. The van der Waals surface area contributed by atoms with Gasteiger partial charge >= 0.3 is 0 Å². The Morgan fingerprint density at radius 1 is 1.38 bits per heavy atom. The van der Waals surface area contributed by atoms with Gasteiger partial charge in [-0.15, -0.1) is 0 Å². The Balaban J connectivity index is 1.68. The first-order valence-corrected chi connectivity index (χ1v) is 9.19. The zero-order valence-corrected chi connectivity index (χ0v) is 15.1. The third kappa shape index (κ3) is 3.11. The molecule has 132 valence electrons. The monoisotopic (exact) mass is 352 g/mol. The van der Waals surface area contributed by atoms with Crippen molar-refractivity contribution in [1.29, 1.82) is 0 Å². The van der Waals surface area contributed by atoms with Gasteiger partial charge in [0.05, 0.1) is 18.3 Å². The minimum atomic E-state index is -0.126. The van der Waals surface area contributed by atoms with Crippen molar-refractivity contribution in [3.05, 3.63) is 22.8 Å². The summed E-state index contributed by atoms with van der Waals surface area (Å²) in [6, 6.07) is 1.80. The van der Waals surface area contributed by atoms with Crippen molar-refractivity contribution in [3.8, 4) is 5.88 Å². The molecule has 0 radical (unpaired) electrons. The number of aromatic nitrogens is 1. The van der Waals surface area contributed by atoms with E-state index in [-0.39, 0.29) is 23.5 Å². The lowest BCUT2D eigenvalue weighted by atomic mass is 9.60. The molecular weight excluding hydrogens is 328 g/mol. The molecule has 6 heteroatoms. The lowest BCUT2D eigenvalue weighted by Crippen LogP contribution is -2.63. The SMILES string of the molecule is CCOc1ncc(C(=O)N[C@H]2C[C@H](OCC)C23CCCC3)cc1Cl. The molecule has 24 heavy (non-hydrogen) atoms. The molecule has 2 atom stereocenters. The number of rotatable bonds is 6. The van der Waals surface area contributed by atoms with E-state index in [1.54, 1.807) is 6.07 Å². The first-order chi connectivity index (χ1) is 11.6. The van der Waals surface area contributed by atoms with Gasteiger partial charge < -0.3 is 14.8 Å². The van der Waals surface area contributed by atoms with Crippen molar-refractivity contribution in [2.45, 2.75) is 58.1 Å². The van der Waals surface area contributed by atoms with Crippen molar-refractivity contribution in [2.24, 2.45) is 5.41 Å². The summed E-state index contributed by atoms with van der Waals surface area (Å²) in [4.78, 5) is 16.7.